The lowest BCUT2D eigenvalue weighted by atomic mass is 10.1. The zero-order chi connectivity index (χ0) is 18.8. The summed E-state index contributed by atoms with van der Waals surface area (Å²) in [5.74, 6) is 4.55. The second-order valence-corrected chi connectivity index (χ2v) is 6.89. The Morgan fingerprint density at radius 3 is 2.88 bits per heavy atom. The summed E-state index contributed by atoms with van der Waals surface area (Å²) in [7, 11) is 0. The molecular weight excluding hydrogens is 364 g/mol. The molecule has 2 aliphatic heterocycles. The summed E-state index contributed by atoms with van der Waals surface area (Å²) in [5, 5.41) is 12.3. The van der Waals surface area contributed by atoms with Gasteiger partial charge in [-0.3, -0.25) is 19.0 Å². The van der Waals surface area contributed by atoms with E-state index >= 15 is 0 Å². The lowest BCUT2D eigenvalue weighted by Crippen LogP contribution is -2.44. The van der Waals surface area contributed by atoms with Gasteiger partial charge < -0.3 is 25.9 Å². The summed E-state index contributed by atoms with van der Waals surface area (Å²) in [4.78, 5) is 35.8. The van der Waals surface area contributed by atoms with Crippen LogP contribution in [-0.2, 0) is 14.3 Å². The molecule has 0 bridgehead atoms. The number of carbonyl (C=O) groups excluding carboxylic acids is 2. The van der Waals surface area contributed by atoms with Crippen LogP contribution in [0.25, 0.3) is 0 Å². The molecule has 11 nitrogen and oxygen atoms in total. The third-order valence-electron chi connectivity index (χ3n) is 4.22. The fourth-order valence-corrected chi connectivity index (χ4v) is 4.05. The minimum atomic E-state index is -0.859. The van der Waals surface area contributed by atoms with Crippen molar-refractivity contribution in [2.75, 3.05) is 5.32 Å². The minimum absolute atomic E-state index is 0.248. The first-order chi connectivity index (χ1) is 12.4. The van der Waals surface area contributed by atoms with Gasteiger partial charge in [-0.2, -0.15) is 0 Å². The Balaban J connectivity index is 1.84. The summed E-state index contributed by atoms with van der Waals surface area (Å²) < 4.78 is 12.7. The van der Waals surface area contributed by atoms with Gasteiger partial charge in [0.1, 0.15) is 23.0 Å². The van der Waals surface area contributed by atoms with Crippen LogP contribution in [0.1, 0.15) is 49.0 Å². The van der Waals surface area contributed by atoms with E-state index in [1.54, 1.807) is 0 Å². The fraction of sp³-hybridized carbons (Fsp3) is 0.643. The van der Waals surface area contributed by atoms with E-state index in [0.29, 0.717) is 25.1 Å². The van der Waals surface area contributed by atoms with Gasteiger partial charge in [0.05, 0.1) is 6.10 Å². The van der Waals surface area contributed by atoms with Crippen molar-refractivity contribution < 1.29 is 19.1 Å². The SMILES string of the molecule is CCC(OC(C)=O)[C@@H]1CC[C@H](n2c3c(sc2=O)C(=O)NC(N=NN)N3)O1. The number of fused-ring (bicyclic) bond motifs is 1. The number of nitrogens with zero attached hydrogens (tertiary/aromatic N) is 3. The number of rotatable bonds is 5. The number of anilines is 1. The molecule has 2 unspecified atom stereocenters. The average Bonchev–Trinajstić information content (AvgIpc) is 3.17. The highest BCUT2D eigenvalue weighted by Gasteiger charge is 2.38. The maximum atomic E-state index is 12.4. The molecule has 0 spiro atoms. The smallest absolute Gasteiger partial charge is 0.311 e. The molecule has 4 N–H and O–H groups in total. The normalized spacial score (nSPS) is 26.2. The highest BCUT2D eigenvalue weighted by Crippen LogP contribution is 2.35. The van der Waals surface area contributed by atoms with Gasteiger partial charge in [0.2, 0.25) is 6.29 Å². The van der Waals surface area contributed by atoms with Crippen molar-refractivity contribution in [3.05, 3.63) is 14.5 Å². The number of esters is 1. The van der Waals surface area contributed by atoms with Crippen LogP contribution >= 0.6 is 11.3 Å². The van der Waals surface area contributed by atoms with Crippen LogP contribution in [0.15, 0.2) is 15.1 Å². The molecule has 26 heavy (non-hydrogen) atoms. The molecule has 0 radical (unpaired) electrons. The predicted molar refractivity (Wildman–Crippen MR) is 91.5 cm³/mol. The van der Waals surface area contributed by atoms with Crippen LogP contribution in [0.3, 0.4) is 0 Å². The Morgan fingerprint density at radius 1 is 1.46 bits per heavy atom. The van der Waals surface area contributed by atoms with Gasteiger partial charge in [-0.05, 0) is 19.3 Å². The molecule has 1 fully saturated rings. The number of carbonyl (C=O) groups is 2. The van der Waals surface area contributed by atoms with Crippen molar-refractivity contribution in [2.45, 2.75) is 57.8 Å². The van der Waals surface area contributed by atoms with E-state index in [-0.39, 0.29) is 27.9 Å². The van der Waals surface area contributed by atoms with E-state index in [1.807, 2.05) is 6.92 Å². The second kappa shape index (κ2) is 7.41. The zero-order valence-corrected chi connectivity index (χ0v) is 15.1. The largest absolute Gasteiger partial charge is 0.460 e. The molecule has 1 amide bonds. The molecule has 12 heteroatoms. The molecule has 142 valence electrons. The summed E-state index contributed by atoms with van der Waals surface area (Å²) in [6.07, 6.45) is -0.324. The Bertz CT molecular complexity index is 789. The first kappa shape index (κ1) is 18.3. The van der Waals surface area contributed by atoms with Gasteiger partial charge in [0.15, 0.2) is 0 Å². The fourth-order valence-electron chi connectivity index (χ4n) is 3.16. The number of ether oxygens (including phenoxy) is 2. The summed E-state index contributed by atoms with van der Waals surface area (Å²) >= 11 is 0.822. The number of nitrogens with two attached hydrogens (primary N) is 1. The van der Waals surface area contributed by atoms with Crippen LogP contribution < -0.4 is 21.3 Å². The monoisotopic (exact) mass is 384 g/mol. The maximum absolute atomic E-state index is 12.4. The van der Waals surface area contributed by atoms with Crippen LogP contribution in [-0.4, -0.2) is 34.9 Å². The number of aromatic nitrogens is 1. The number of thiazole rings is 1. The minimum Gasteiger partial charge on any atom is -0.460 e. The molecule has 0 aromatic carbocycles. The van der Waals surface area contributed by atoms with Gasteiger partial charge in [0, 0.05) is 6.92 Å². The Morgan fingerprint density at radius 2 is 2.23 bits per heavy atom. The Labute approximate surface area is 152 Å². The number of amides is 1. The maximum Gasteiger partial charge on any atom is 0.311 e. The van der Waals surface area contributed by atoms with E-state index in [0.717, 1.165) is 11.3 Å². The van der Waals surface area contributed by atoms with Gasteiger partial charge in [-0.15, -0.1) is 5.11 Å². The number of nitrogens with one attached hydrogen (secondary N) is 2. The molecule has 0 aliphatic carbocycles. The van der Waals surface area contributed by atoms with Gasteiger partial charge in [-0.25, -0.2) is 0 Å². The lowest BCUT2D eigenvalue weighted by molar-refractivity contribution is -0.156. The van der Waals surface area contributed by atoms with Crippen molar-refractivity contribution in [1.29, 1.82) is 0 Å². The summed E-state index contributed by atoms with van der Waals surface area (Å²) in [6, 6.07) is 0. The molecule has 3 heterocycles. The Kier molecular flexibility index (Phi) is 5.23. The average molecular weight is 384 g/mol. The Hall–Kier alpha value is -2.47. The van der Waals surface area contributed by atoms with Gasteiger partial charge in [0.25, 0.3) is 5.91 Å². The van der Waals surface area contributed by atoms with E-state index in [9.17, 15) is 14.4 Å². The van der Waals surface area contributed by atoms with Crippen molar-refractivity contribution >= 4 is 29.0 Å². The van der Waals surface area contributed by atoms with Crippen molar-refractivity contribution in [2.24, 2.45) is 16.2 Å². The summed E-state index contributed by atoms with van der Waals surface area (Å²) in [6.45, 7) is 3.25. The van der Waals surface area contributed by atoms with Crippen LogP contribution in [0.5, 0.6) is 0 Å². The van der Waals surface area contributed by atoms with Gasteiger partial charge in [-0.1, -0.05) is 23.5 Å². The molecule has 1 aromatic heterocycles. The quantitative estimate of drug-likeness (QED) is 0.293. The van der Waals surface area contributed by atoms with Crippen molar-refractivity contribution in [1.82, 2.24) is 9.88 Å². The lowest BCUT2D eigenvalue weighted by Gasteiger charge is -2.25. The van der Waals surface area contributed by atoms with Crippen molar-refractivity contribution in [3.8, 4) is 0 Å². The molecular formula is C14H20N6O5S. The van der Waals surface area contributed by atoms with Crippen LogP contribution in [0, 0.1) is 0 Å². The number of hydrogen-bond donors (Lipinski definition) is 3. The highest BCUT2D eigenvalue weighted by molar-refractivity contribution is 7.12. The van der Waals surface area contributed by atoms with Crippen molar-refractivity contribution in [3.63, 3.8) is 0 Å². The van der Waals surface area contributed by atoms with E-state index < -0.39 is 18.4 Å². The molecule has 3 rings (SSSR count). The van der Waals surface area contributed by atoms with Gasteiger partial charge >= 0.3 is 10.8 Å². The second-order valence-electron chi connectivity index (χ2n) is 5.93. The van der Waals surface area contributed by atoms with Crippen LogP contribution in [0.4, 0.5) is 5.82 Å². The molecule has 0 saturated carbocycles. The first-order valence-electron chi connectivity index (χ1n) is 8.20. The highest BCUT2D eigenvalue weighted by atomic mass is 32.1. The third-order valence-corrected chi connectivity index (χ3v) is 5.18. The summed E-state index contributed by atoms with van der Waals surface area (Å²) in [5.41, 5.74) is 0. The van der Waals surface area contributed by atoms with Crippen LogP contribution in [0.2, 0.25) is 0 Å². The van der Waals surface area contributed by atoms with E-state index in [1.165, 1.54) is 11.5 Å². The van der Waals surface area contributed by atoms with E-state index in [4.69, 9.17) is 15.3 Å². The molecule has 1 saturated heterocycles. The van der Waals surface area contributed by atoms with E-state index in [2.05, 4.69) is 21.0 Å². The third kappa shape index (κ3) is 3.42. The molecule has 1 aromatic rings. The molecule has 4 atom stereocenters. The standard InChI is InChI=1S/C14H20N6O5S/c1-3-7(24-6(2)21)8-4-5-9(25-8)20-11-10(26-14(20)23)12(22)17-13(16-11)18-19-15/h7-9,13,16H,3-5H2,1-2H3,(H2,15,18)(H,17,22)/t7?,8-,9+,13?/m0/s1. The topological polar surface area (TPSA) is 149 Å². The predicted octanol–water partition coefficient (Wildman–Crippen LogP) is 0.694. The first-order valence-corrected chi connectivity index (χ1v) is 9.01. The number of hydrogen-bond acceptors (Lipinski definition) is 9. The molecule has 2 aliphatic rings. The zero-order valence-electron chi connectivity index (χ0n) is 14.3.